The van der Waals surface area contributed by atoms with Crippen LogP contribution in [-0.4, -0.2) is 22.2 Å². The number of hydrogen-bond donors (Lipinski definition) is 1. The number of aromatic nitrogens is 3. The molecular weight excluding hydrogens is 252 g/mol. The summed E-state index contributed by atoms with van der Waals surface area (Å²) in [4.78, 5) is 4.09. The Morgan fingerprint density at radius 3 is 2.90 bits per heavy atom. The Morgan fingerprint density at radius 2 is 2.20 bits per heavy atom. The van der Waals surface area contributed by atoms with Crippen LogP contribution in [0.25, 0.3) is 0 Å². The Labute approximate surface area is 118 Å². The van der Waals surface area contributed by atoms with Crippen molar-refractivity contribution in [2.45, 2.75) is 32.3 Å². The van der Waals surface area contributed by atoms with Crippen LogP contribution >= 0.6 is 0 Å². The van der Waals surface area contributed by atoms with Gasteiger partial charge in [0, 0.05) is 18.3 Å². The fourth-order valence-electron chi connectivity index (χ4n) is 2.37. The average molecular weight is 270 g/mol. The number of benzene rings is 1. The van der Waals surface area contributed by atoms with Crippen LogP contribution in [0.4, 0.5) is 5.69 Å². The number of ether oxygens (including phenoxy) is 1. The molecule has 1 aromatic heterocycles. The topological polar surface area (TPSA) is 59.9 Å². The molecule has 1 aliphatic rings. The number of nitrogens with zero attached hydrogens (tertiary/aromatic N) is 3. The van der Waals surface area contributed by atoms with Gasteiger partial charge in [-0.1, -0.05) is 12.1 Å². The predicted molar refractivity (Wildman–Crippen MR) is 76.9 cm³/mol. The van der Waals surface area contributed by atoms with Gasteiger partial charge in [0.15, 0.2) is 0 Å². The Morgan fingerprint density at radius 1 is 1.35 bits per heavy atom. The van der Waals surface area contributed by atoms with E-state index in [2.05, 4.69) is 38.7 Å². The zero-order valence-corrected chi connectivity index (χ0v) is 11.8. The second-order valence-corrected chi connectivity index (χ2v) is 5.04. The SMILES string of the molecule is CNc1cccc(C2CC2)c1COc1nncnc1C. The van der Waals surface area contributed by atoms with E-state index in [1.54, 1.807) is 0 Å². The van der Waals surface area contributed by atoms with Crippen LogP contribution in [0.5, 0.6) is 5.88 Å². The van der Waals surface area contributed by atoms with Crippen molar-refractivity contribution in [2.75, 3.05) is 12.4 Å². The lowest BCUT2D eigenvalue weighted by Gasteiger charge is -2.15. The van der Waals surface area contributed by atoms with Crippen LogP contribution in [0.15, 0.2) is 24.5 Å². The molecule has 1 saturated carbocycles. The molecule has 5 heteroatoms. The van der Waals surface area contributed by atoms with Crippen LogP contribution in [0.1, 0.15) is 35.6 Å². The van der Waals surface area contributed by atoms with Crippen molar-refractivity contribution in [1.29, 1.82) is 0 Å². The first-order valence-corrected chi connectivity index (χ1v) is 6.86. The molecule has 0 atom stereocenters. The zero-order chi connectivity index (χ0) is 13.9. The van der Waals surface area contributed by atoms with E-state index in [0.29, 0.717) is 18.4 Å². The summed E-state index contributed by atoms with van der Waals surface area (Å²) in [6.45, 7) is 2.36. The van der Waals surface area contributed by atoms with E-state index in [1.807, 2.05) is 14.0 Å². The maximum atomic E-state index is 5.81. The van der Waals surface area contributed by atoms with Gasteiger partial charge < -0.3 is 10.1 Å². The zero-order valence-electron chi connectivity index (χ0n) is 11.8. The molecule has 1 aromatic carbocycles. The molecule has 20 heavy (non-hydrogen) atoms. The number of aryl methyl sites for hydroxylation is 1. The van der Waals surface area contributed by atoms with E-state index in [1.165, 1.54) is 30.3 Å². The molecule has 1 N–H and O–H groups in total. The summed E-state index contributed by atoms with van der Waals surface area (Å²) in [5.74, 6) is 1.18. The minimum atomic E-state index is 0.490. The van der Waals surface area contributed by atoms with Crippen LogP contribution in [0.2, 0.25) is 0 Å². The lowest BCUT2D eigenvalue weighted by atomic mass is 10.0. The second-order valence-electron chi connectivity index (χ2n) is 5.04. The second kappa shape index (κ2) is 5.45. The molecule has 3 rings (SSSR count). The van der Waals surface area contributed by atoms with E-state index in [-0.39, 0.29) is 0 Å². The van der Waals surface area contributed by atoms with Crippen molar-refractivity contribution in [2.24, 2.45) is 0 Å². The van der Waals surface area contributed by atoms with Gasteiger partial charge in [0.25, 0.3) is 5.88 Å². The van der Waals surface area contributed by atoms with Crippen molar-refractivity contribution < 1.29 is 4.74 Å². The largest absolute Gasteiger partial charge is 0.470 e. The Balaban J connectivity index is 1.84. The Bertz CT molecular complexity index is 611. The van der Waals surface area contributed by atoms with Gasteiger partial charge in [0.1, 0.15) is 18.6 Å². The number of hydrogen-bond acceptors (Lipinski definition) is 5. The molecule has 104 valence electrons. The fourth-order valence-corrected chi connectivity index (χ4v) is 2.37. The third-order valence-electron chi connectivity index (χ3n) is 3.61. The van der Waals surface area contributed by atoms with E-state index in [9.17, 15) is 0 Å². The van der Waals surface area contributed by atoms with E-state index < -0.39 is 0 Å². The normalized spacial score (nSPS) is 14.1. The summed E-state index contributed by atoms with van der Waals surface area (Å²) in [5, 5.41) is 11.0. The molecule has 0 saturated heterocycles. The number of nitrogens with one attached hydrogen (secondary N) is 1. The smallest absolute Gasteiger partial charge is 0.255 e. The summed E-state index contributed by atoms with van der Waals surface area (Å²) in [6, 6.07) is 6.36. The summed E-state index contributed by atoms with van der Waals surface area (Å²) in [5.41, 5.74) is 4.47. The molecular formula is C15H18N4O. The molecule has 0 radical (unpaired) electrons. The maximum absolute atomic E-state index is 5.81. The van der Waals surface area contributed by atoms with Crippen LogP contribution in [0, 0.1) is 6.92 Å². The summed E-state index contributed by atoms with van der Waals surface area (Å²) in [7, 11) is 1.94. The first-order valence-electron chi connectivity index (χ1n) is 6.86. The summed E-state index contributed by atoms with van der Waals surface area (Å²) >= 11 is 0. The van der Waals surface area contributed by atoms with Gasteiger partial charge in [-0.15, -0.1) is 10.2 Å². The maximum Gasteiger partial charge on any atom is 0.255 e. The molecule has 0 bridgehead atoms. The standard InChI is InChI=1S/C15H18N4O/c1-10-15(19-18-9-17-10)20-8-13-12(11-6-7-11)4-3-5-14(13)16-2/h3-5,9,11,16H,6-8H2,1-2H3. The molecule has 0 amide bonds. The van der Waals surface area contributed by atoms with E-state index in [4.69, 9.17) is 4.74 Å². The lowest BCUT2D eigenvalue weighted by Crippen LogP contribution is -2.06. The minimum Gasteiger partial charge on any atom is -0.470 e. The van der Waals surface area contributed by atoms with Gasteiger partial charge >= 0.3 is 0 Å². The van der Waals surface area contributed by atoms with E-state index >= 15 is 0 Å². The highest BCUT2D eigenvalue weighted by Gasteiger charge is 2.27. The summed E-state index contributed by atoms with van der Waals surface area (Å²) < 4.78 is 5.81. The first-order chi connectivity index (χ1) is 9.79. The van der Waals surface area contributed by atoms with Crippen molar-refractivity contribution >= 4 is 5.69 Å². The van der Waals surface area contributed by atoms with E-state index in [0.717, 1.165) is 11.4 Å². The van der Waals surface area contributed by atoms with Crippen LogP contribution < -0.4 is 10.1 Å². The van der Waals surface area contributed by atoms with Gasteiger partial charge in [-0.25, -0.2) is 4.98 Å². The molecule has 1 fully saturated rings. The van der Waals surface area contributed by atoms with Gasteiger partial charge in [0.2, 0.25) is 0 Å². The fraction of sp³-hybridized carbons (Fsp3) is 0.400. The van der Waals surface area contributed by atoms with Crippen molar-refractivity contribution in [3.8, 4) is 5.88 Å². The van der Waals surface area contributed by atoms with Gasteiger partial charge in [-0.3, -0.25) is 0 Å². The predicted octanol–water partition coefficient (Wildman–Crippen LogP) is 2.68. The van der Waals surface area contributed by atoms with Gasteiger partial charge in [-0.2, -0.15) is 0 Å². The minimum absolute atomic E-state index is 0.490. The number of anilines is 1. The third-order valence-corrected chi connectivity index (χ3v) is 3.61. The molecule has 2 aromatic rings. The average Bonchev–Trinajstić information content (AvgIpc) is 3.30. The Kier molecular flexibility index (Phi) is 3.50. The Hall–Kier alpha value is -2.17. The quantitative estimate of drug-likeness (QED) is 0.905. The monoisotopic (exact) mass is 270 g/mol. The molecule has 1 aliphatic carbocycles. The van der Waals surface area contributed by atoms with Gasteiger partial charge in [0.05, 0.1) is 0 Å². The van der Waals surface area contributed by atoms with Crippen molar-refractivity contribution in [3.63, 3.8) is 0 Å². The molecule has 1 heterocycles. The van der Waals surface area contributed by atoms with Crippen LogP contribution in [0.3, 0.4) is 0 Å². The van der Waals surface area contributed by atoms with Gasteiger partial charge in [-0.05, 0) is 37.3 Å². The molecule has 0 unspecified atom stereocenters. The highest BCUT2D eigenvalue weighted by molar-refractivity contribution is 5.55. The number of rotatable bonds is 5. The third kappa shape index (κ3) is 2.57. The first kappa shape index (κ1) is 12.8. The lowest BCUT2D eigenvalue weighted by molar-refractivity contribution is 0.285. The van der Waals surface area contributed by atoms with Crippen LogP contribution in [-0.2, 0) is 6.61 Å². The van der Waals surface area contributed by atoms with Crippen molar-refractivity contribution in [1.82, 2.24) is 15.2 Å². The van der Waals surface area contributed by atoms with Crippen molar-refractivity contribution in [3.05, 3.63) is 41.3 Å². The molecule has 0 aliphatic heterocycles. The highest BCUT2D eigenvalue weighted by Crippen LogP contribution is 2.43. The highest BCUT2D eigenvalue weighted by atomic mass is 16.5. The summed E-state index contributed by atoms with van der Waals surface area (Å²) in [6.07, 6.45) is 3.97. The molecule has 0 spiro atoms. The molecule has 5 nitrogen and oxygen atoms in total.